The summed E-state index contributed by atoms with van der Waals surface area (Å²) in [6, 6.07) is 3.57. The maximum absolute atomic E-state index is 11.4. The van der Waals surface area contributed by atoms with Crippen molar-refractivity contribution in [2.45, 2.75) is 19.0 Å². The van der Waals surface area contributed by atoms with Crippen LogP contribution in [0.3, 0.4) is 0 Å². The number of nitrogens with one attached hydrogen (secondary N) is 1. The number of amides is 1. The van der Waals surface area contributed by atoms with E-state index < -0.39 is 5.97 Å². The SMILES string of the molecule is O=C(O)CC1CNC(=O)CN1Cc1ccncc1. The van der Waals surface area contributed by atoms with Crippen LogP contribution in [0.15, 0.2) is 24.5 Å². The summed E-state index contributed by atoms with van der Waals surface area (Å²) in [6.45, 7) is 1.18. The quantitative estimate of drug-likeness (QED) is 0.776. The average molecular weight is 249 g/mol. The number of aliphatic carboxylic acids is 1. The number of piperazine rings is 1. The molecule has 1 aliphatic heterocycles. The van der Waals surface area contributed by atoms with Gasteiger partial charge >= 0.3 is 5.97 Å². The van der Waals surface area contributed by atoms with Gasteiger partial charge in [-0.2, -0.15) is 0 Å². The van der Waals surface area contributed by atoms with E-state index in [1.165, 1.54) is 0 Å². The number of hydrogen-bond acceptors (Lipinski definition) is 4. The highest BCUT2D eigenvalue weighted by Crippen LogP contribution is 2.12. The normalized spacial score (nSPS) is 20.4. The summed E-state index contributed by atoms with van der Waals surface area (Å²) in [5.41, 5.74) is 1.02. The van der Waals surface area contributed by atoms with Gasteiger partial charge in [0.25, 0.3) is 0 Å². The van der Waals surface area contributed by atoms with E-state index >= 15 is 0 Å². The highest BCUT2D eigenvalue weighted by atomic mass is 16.4. The highest BCUT2D eigenvalue weighted by molar-refractivity contribution is 5.79. The van der Waals surface area contributed by atoms with Gasteiger partial charge in [0.2, 0.25) is 5.91 Å². The molecule has 6 heteroatoms. The molecule has 2 N–H and O–H groups in total. The number of carboxylic acids is 1. The largest absolute Gasteiger partial charge is 0.481 e. The van der Waals surface area contributed by atoms with E-state index in [0.29, 0.717) is 13.1 Å². The van der Waals surface area contributed by atoms with E-state index in [1.54, 1.807) is 12.4 Å². The van der Waals surface area contributed by atoms with Crippen molar-refractivity contribution in [3.05, 3.63) is 30.1 Å². The molecule has 1 aromatic heterocycles. The first-order valence-electron chi connectivity index (χ1n) is 5.76. The molecule has 0 bridgehead atoms. The fraction of sp³-hybridized carbons (Fsp3) is 0.417. The molecule has 2 heterocycles. The minimum Gasteiger partial charge on any atom is -0.481 e. The van der Waals surface area contributed by atoms with E-state index in [-0.39, 0.29) is 24.9 Å². The van der Waals surface area contributed by atoms with Gasteiger partial charge in [-0.05, 0) is 17.7 Å². The van der Waals surface area contributed by atoms with Crippen LogP contribution in [0.4, 0.5) is 0 Å². The van der Waals surface area contributed by atoms with E-state index in [9.17, 15) is 9.59 Å². The Bertz CT molecular complexity index is 435. The van der Waals surface area contributed by atoms with Crippen molar-refractivity contribution < 1.29 is 14.7 Å². The lowest BCUT2D eigenvalue weighted by molar-refractivity contribution is -0.140. The molecule has 96 valence electrons. The van der Waals surface area contributed by atoms with Crippen LogP contribution in [0.2, 0.25) is 0 Å². The Hall–Kier alpha value is -1.95. The molecule has 1 fully saturated rings. The molecule has 0 spiro atoms. The van der Waals surface area contributed by atoms with Crippen LogP contribution in [0.5, 0.6) is 0 Å². The van der Waals surface area contributed by atoms with Crippen LogP contribution >= 0.6 is 0 Å². The fourth-order valence-corrected chi connectivity index (χ4v) is 2.04. The molecule has 0 aromatic carbocycles. The third kappa shape index (κ3) is 3.27. The molecule has 0 radical (unpaired) electrons. The Morgan fingerprint density at radius 1 is 1.50 bits per heavy atom. The van der Waals surface area contributed by atoms with Gasteiger partial charge in [-0.1, -0.05) is 0 Å². The van der Waals surface area contributed by atoms with Crippen LogP contribution < -0.4 is 5.32 Å². The second-order valence-corrected chi connectivity index (χ2v) is 4.32. The number of pyridine rings is 1. The predicted molar refractivity (Wildman–Crippen MR) is 63.7 cm³/mol. The van der Waals surface area contributed by atoms with Crippen LogP contribution in [0, 0.1) is 0 Å². The second kappa shape index (κ2) is 5.59. The summed E-state index contributed by atoms with van der Waals surface area (Å²) in [5.74, 6) is -0.915. The van der Waals surface area contributed by atoms with Crippen molar-refractivity contribution in [1.29, 1.82) is 0 Å². The number of aromatic nitrogens is 1. The van der Waals surface area contributed by atoms with Gasteiger partial charge in [-0.15, -0.1) is 0 Å². The van der Waals surface area contributed by atoms with Gasteiger partial charge in [0.05, 0.1) is 13.0 Å². The van der Waals surface area contributed by atoms with Gasteiger partial charge in [0.15, 0.2) is 0 Å². The zero-order valence-electron chi connectivity index (χ0n) is 9.87. The molecule has 1 atom stereocenters. The van der Waals surface area contributed by atoms with Gasteiger partial charge in [0.1, 0.15) is 0 Å². The molecule has 1 amide bonds. The molecule has 1 unspecified atom stereocenters. The van der Waals surface area contributed by atoms with Crippen molar-refractivity contribution in [1.82, 2.24) is 15.2 Å². The van der Waals surface area contributed by atoms with Crippen molar-refractivity contribution in [3.63, 3.8) is 0 Å². The number of hydrogen-bond donors (Lipinski definition) is 2. The molecule has 0 aliphatic carbocycles. The zero-order valence-corrected chi connectivity index (χ0v) is 9.87. The molecule has 18 heavy (non-hydrogen) atoms. The minimum atomic E-state index is -0.851. The second-order valence-electron chi connectivity index (χ2n) is 4.32. The summed E-state index contributed by atoms with van der Waals surface area (Å²) in [4.78, 5) is 28.0. The average Bonchev–Trinajstić information content (AvgIpc) is 2.33. The van der Waals surface area contributed by atoms with Gasteiger partial charge in [-0.25, -0.2) is 0 Å². The Morgan fingerprint density at radius 2 is 2.22 bits per heavy atom. The first-order chi connectivity index (χ1) is 8.65. The summed E-state index contributed by atoms with van der Waals surface area (Å²) < 4.78 is 0. The Labute approximate surface area is 105 Å². The van der Waals surface area contributed by atoms with Crippen molar-refractivity contribution in [3.8, 4) is 0 Å². The molecule has 2 rings (SSSR count). The summed E-state index contributed by atoms with van der Waals surface area (Å²) in [6.07, 6.45) is 3.41. The van der Waals surface area contributed by atoms with Gasteiger partial charge < -0.3 is 10.4 Å². The minimum absolute atomic E-state index is 0.0331. The summed E-state index contributed by atoms with van der Waals surface area (Å²) in [5, 5.41) is 11.6. The smallest absolute Gasteiger partial charge is 0.305 e. The van der Waals surface area contributed by atoms with Crippen LogP contribution in [0.1, 0.15) is 12.0 Å². The summed E-state index contributed by atoms with van der Waals surface area (Å²) in [7, 11) is 0. The van der Waals surface area contributed by atoms with Gasteiger partial charge in [-0.3, -0.25) is 19.5 Å². The Morgan fingerprint density at radius 3 is 2.89 bits per heavy atom. The number of rotatable bonds is 4. The highest BCUT2D eigenvalue weighted by Gasteiger charge is 2.28. The standard InChI is InChI=1S/C12H15N3O3/c16-11-8-15(7-9-1-3-13-4-2-9)10(6-14-11)5-12(17)18/h1-4,10H,5-8H2,(H,14,16)(H,17,18). The lowest BCUT2D eigenvalue weighted by Crippen LogP contribution is -2.54. The van der Waals surface area contributed by atoms with Crippen LogP contribution in [-0.2, 0) is 16.1 Å². The van der Waals surface area contributed by atoms with Crippen molar-refractivity contribution >= 4 is 11.9 Å². The van der Waals surface area contributed by atoms with E-state index in [2.05, 4.69) is 10.3 Å². The maximum Gasteiger partial charge on any atom is 0.305 e. The molecule has 1 saturated heterocycles. The fourth-order valence-electron chi connectivity index (χ4n) is 2.04. The lowest BCUT2D eigenvalue weighted by Gasteiger charge is -2.34. The molecule has 1 aliphatic rings. The van der Waals surface area contributed by atoms with Crippen molar-refractivity contribution in [2.75, 3.05) is 13.1 Å². The van der Waals surface area contributed by atoms with Crippen molar-refractivity contribution in [2.24, 2.45) is 0 Å². The topological polar surface area (TPSA) is 82.5 Å². The van der Waals surface area contributed by atoms with Gasteiger partial charge in [0, 0.05) is 31.5 Å². The maximum atomic E-state index is 11.4. The first kappa shape index (κ1) is 12.5. The predicted octanol–water partition coefficient (Wildman–Crippen LogP) is -0.143. The number of nitrogens with zero attached hydrogens (tertiary/aromatic N) is 2. The monoisotopic (exact) mass is 249 g/mol. The molecule has 6 nitrogen and oxygen atoms in total. The summed E-state index contributed by atoms with van der Waals surface area (Å²) >= 11 is 0. The Kier molecular flexibility index (Phi) is 3.88. The molecular weight excluding hydrogens is 234 g/mol. The number of carboxylic acid groups (broad SMARTS) is 1. The lowest BCUT2D eigenvalue weighted by atomic mass is 10.1. The first-order valence-corrected chi connectivity index (χ1v) is 5.76. The van der Waals surface area contributed by atoms with Crippen LogP contribution in [-0.4, -0.2) is 46.0 Å². The Balaban J connectivity index is 2.05. The van der Waals surface area contributed by atoms with E-state index in [0.717, 1.165) is 5.56 Å². The molecule has 1 aromatic rings. The molecular formula is C12H15N3O3. The third-order valence-electron chi connectivity index (χ3n) is 2.94. The van der Waals surface area contributed by atoms with E-state index in [4.69, 9.17) is 5.11 Å². The number of carbonyl (C=O) groups is 2. The van der Waals surface area contributed by atoms with E-state index in [1.807, 2.05) is 17.0 Å². The number of carbonyl (C=O) groups excluding carboxylic acids is 1. The zero-order chi connectivity index (χ0) is 13.0. The third-order valence-corrected chi connectivity index (χ3v) is 2.94. The van der Waals surface area contributed by atoms with Crippen LogP contribution in [0.25, 0.3) is 0 Å². The molecule has 0 saturated carbocycles.